The van der Waals surface area contributed by atoms with E-state index in [1.54, 1.807) is 0 Å². The van der Waals surface area contributed by atoms with Gasteiger partial charge in [0, 0.05) is 0 Å². The molecule has 0 spiro atoms. The predicted octanol–water partition coefficient (Wildman–Crippen LogP) is -7.57. The molecule has 3 fully saturated rings. The summed E-state index contributed by atoms with van der Waals surface area (Å²) >= 11 is 0. The van der Waals surface area contributed by atoms with Gasteiger partial charge in [-0.1, -0.05) is 0 Å². The molecule has 3 saturated heterocycles. The fourth-order valence-electron chi connectivity index (χ4n) is 3.95. The standard InChI is InChI=1S/C18H32O16/c19-1-4-7(21)10(24)13(27)18(32-4)34-15-5(2-20)33-17(14(28)11(15)25)30-3-6-8(22)9(23)12(26)16(29)31-6/h4-29H,1-3H2/t4-,5-,6-,7+,8-,9+,10+,11-,12-,13-,14-,15-,16?,17+,18+/m1/s1. The highest BCUT2D eigenvalue weighted by molar-refractivity contribution is 4.94. The van der Waals surface area contributed by atoms with Gasteiger partial charge in [-0.25, -0.2) is 0 Å². The van der Waals surface area contributed by atoms with Crippen LogP contribution in [-0.2, 0) is 23.7 Å². The summed E-state index contributed by atoms with van der Waals surface area (Å²) in [5, 5.41) is 109. The molecule has 0 aliphatic carbocycles. The van der Waals surface area contributed by atoms with Gasteiger partial charge in [0.05, 0.1) is 19.8 Å². The molecule has 0 aromatic rings. The Morgan fingerprint density at radius 3 is 1.65 bits per heavy atom. The molecule has 34 heavy (non-hydrogen) atoms. The largest absolute Gasteiger partial charge is 0.394 e. The molecule has 1 unspecified atom stereocenters. The number of hydrogen-bond donors (Lipinski definition) is 11. The quantitative estimate of drug-likeness (QED) is 0.154. The first-order chi connectivity index (χ1) is 16.0. The molecular formula is C18H32O16. The van der Waals surface area contributed by atoms with Crippen molar-refractivity contribution >= 4 is 0 Å². The van der Waals surface area contributed by atoms with Crippen LogP contribution in [0.1, 0.15) is 0 Å². The molecule has 11 N–H and O–H groups in total. The van der Waals surface area contributed by atoms with E-state index in [0.29, 0.717) is 0 Å². The maximum atomic E-state index is 10.5. The van der Waals surface area contributed by atoms with Crippen molar-refractivity contribution in [1.82, 2.24) is 0 Å². The highest BCUT2D eigenvalue weighted by Gasteiger charge is 2.51. The highest BCUT2D eigenvalue weighted by atomic mass is 16.7. The molecule has 16 heteroatoms. The zero-order valence-electron chi connectivity index (χ0n) is 17.7. The smallest absolute Gasteiger partial charge is 0.187 e. The fourth-order valence-corrected chi connectivity index (χ4v) is 3.95. The lowest BCUT2D eigenvalue weighted by molar-refractivity contribution is -0.363. The van der Waals surface area contributed by atoms with Crippen LogP contribution in [0.5, 0.6) is 0 Å². The zero-order valence-corrected chi connectivity index (χ0v) is 17.7. The molecule has 0 radical (unpaired) electrons. The number of aliphatic hydroxyl groups is 11. The minimum atomic E-state index is -1.82. The summed E-state index contributed by atoms with van der Waals surface area (Å²) in [5.74, 6) is 0. The first-order valence-electron chi connectivity index (χ1n) is 10.6. The van der Waals surface area contributed by atoms with Crippen molar-refractivity contribution in [3.05, 3.63) is 0 Å². The van der Waals surface area contributed by atoms with E-state index in [9.17, 15) is 56.2 Å². The normalized spacial score (nSPS) is 52.5. The maximum Gasteiger partial charge on any atom is 0.187 e. The van der Waals surface area contributed by atoms with E-state index in [2.05, 4.69) is 0 Å². The average molecular weight is 504 g/mol. The number of ether oxygens (including phenoxy) is 5. The van der Waals surface area contributed by atoms with Crippen LogP contribution < -0.4 is 0 Å². The van der Waals surface area contributed by atoms with Gasteiger partial charge in [-0.05, 0) is 0 Å². The monoisotopic (exact) mass is 504 g/mol. The Labute approximate surface area is 192 Å². The van der Waals surface area contributed by atoms with Crippen molar-refractivity contribution in [2.24, 2.45) is 0 Å². The van der Waals surface area contributed by atoms with Crippen LogP contribution in [0.2, 0.25) is 0 Å². The molecule has 16 nitrogen and oxygen atoms in total. The van der Waals surface area contributed by atoms with Crippen LogP contribution in [0.25, 0.3) is 0 Å². The Morgan fingerprint density at radius 2 is 1.03 bits per heavy atom. The Morgan fingerprint density at radius 1 is 0.500 bits per heavy atom. The lowest BCUT2D eigenvalue weighted by Gasteiger charge is -2.46. The summed E-state index contributed by atoms with van der Waals surface area (Å²) in [6.07, 6.45) is -24.7. The van der Waals surface area contributed by atoms with E-state index in [1.165, 1.54) is 0 Å². The summed E-state index contributed by atoms with van der Waals surface area (Å²) in [7, 11) is 0. The van der Waals surface area contributed by atoms with Gasteiger partial charge in [0.15, 0.2) is 18.9 Å². The van der Waals surface area contributed by atoms with E-state index < -0.39 is 112 Å². The Balaban J connectivity index is 1.63. The molecule has 3 rings (SSSR count). The molecule has 3 aliphatic rings. The van der Waals surface area contributed by atoms with Crippen molar-refractivity contribution in [3.63, 3.8) is 0 Å². The number of hydrogen-bond acceptors (Lipinski definition) is 16. The lowest BCUT2D eigenvalue weighted by atomic mass is 9.97. The third-order valence-corrected chi connectivity index (χ3v) is 6.07. The molecule has 0 aromatic heterocycles. The van der Waals surface area contributed by atoms with Crippen molar-refractivity contribution in [2.75, 3.05) is 19.8 Å². The van der Waals surface area contributed by atoms with E-state index >= 15 is 0 Å². The SMILES string of the molecule is OC[C@H]1O[C@@H](O[C@H]2[C@H](O)[C@@H](O)[C@@H](OC[C@H]3OC(O)[C@H](O)[C@@H](O)[C@@H]3O)O[C@@H]2CO)[C@H](O)[C@@H](O)[C@H]1O. The van der Waals surface area contributed by atoms with Crippen LogP contribution in [0.4, 0.5) is 0 Å². The molecule has 0 aromatic carbocycles. The molecule has 0 bridgehead atoms. The Bertz CT molecular complexity index is 637. The second kappa shape index (κ2) is 11.6. The molecule has 0 saturated carbocycles. The highest BCUT2D eigenvalue weighted by Crippen LogP contribution is 2.30. The third kappa shape index (κ3) is 5.52. The summed E-state index contributed by atoms with van der Waals surface area (Å²) < 4.78 is 26.2. The summed E-state index contributed by atoms with van der Waals surface area (Å²) in [5.41, 5.74) is 0. The van der Waals surface area contributed by atoms with Gasteiger partial charge in [0.1, 0.15) is 73.2 Å². The van der Waals surface area contributed by atoms with Crippen molar-refractivity contribution in [1.29, 1.82) is 0 Å². The van der Waals surface area contributed by atoms with E-state index in [4.69, 9.17) is 23.7 Å². The van der Waals surface area contributed by atoms with Crippen LogP contribution in [-0.4, -0.2) is 168 Å². The number of rotatable bonds is 7. The average Bonchev–Trinajstić information content (AvgIpc) is 2.83. The van der Waals surface area contributed by atoms with Crippen LogP contribution in [0.15, 0.2) is 0 Å². The molecule has 15 atom stereocenters. The van der Waals surface area contributed by atoms with Gasteiger partial charge in [-0.3, -0.25) is 0 Å². The minimum absolute atomic E-state index is 0.577. The van der Waals surface area contributed by atoms with Gasteiger partial charge in [-0.2, -0.15) is 0 Å². The Kier molecular flexibility index (Phi) is 9.54. The molecule has 3 heterocycles. The lowest BCUT2D eigenvalue weighted by Crippen LogP contribution is -2.65. The van der Waals surface area contributed by atoms with Crippen molar-refractivity contribution in [2.45, 2.75) is 92.1 Å². The molecule has 0 amide bonds. The van der Waals surface area contributed by atoms with Crippen LogP contribution in [0.3, 0.4) is 0 Å². The van der Waals surface area contributed by atoms with Gasteiger partial charge in [0.25, 0.3) is 0 Å². The van der Waals surface area contributed by atoms with Gasteiger partial charge < -0.3 is 79.9 Å². The van der Waals surface area contributed by atoms with Gasteiger partial charge in [0.2, 0.25) is 0 Å². The fraction of sp³-hybridized carbons (Fsp3) is 1.00. The van der Waals surface area contributed by atoms with Crippen molar-refractivity contribution < 1.29 is 79.9 Å². The van der Waals surface area contributed by atoms with Crippen LogP contribution >= 0.6 is 0 Å². The Hall–Kier alpha value is -0.640. The van der Waals surface area contributed by atoms with E-state index in [1.807, 2.05) is 0 Å². The molecule has 200 valence electrons. The minimum Gasteiger partial charge on any atom is -0.394 e. The maximum absolute atomic E-state index is 10.5. The van der Waals surface area contributed by atoms with Crippen LogP contribution in [0, 0.1) is 0 Å². The van der Waals surface area contributed by atoms with E-state index in [0.717, 1.165) is 0 Å². The second-order valence-corrected chi connectivity index (χ2v) is 8.37. The zero-order chi connectivity index (χ0) is 25.3. The first-order valence-corrected chi connectivity index (χ1v) is 10.6. The van der Waals surface area contributed by atoms with Gasteiger partial charge >= 0.3 is 0 Å². The number of aliphatic hydroxyl groups excluding tert-OH is 11. The molecular weight excluding hydrogens is 472 g/mol. The van der Waals surface area contributed by atoms with Crippen molar-refractivity contribution in [3.8, 4) is 0 Å². The second-order valence-electron chi connectivity index (χ2n) is 8.37. The summed E-state index contributed by atoms with van der Waals surface area (Å²) in [6, 6.07) is 0. The summed E-state index contributed by atoms with van der Waals surface area (Å²) in [4.78, 5) is 0. The predicted molar refractivity (Wildman–Crippen MR) is 101 cm³/mol. The van der Waals surface area contributed by atoms with E-state index in [-0.39, 0.29) is 0 Å². The summed E-state index contributed by atoms with van der Waals surface area (Å²) in [6.45, 7) is -2.09. The topological polar surface area (TPSA) is 269 Å². The third-order valence-electron chi connectivity index (χ3n) is 6.07. The first kappa shape index (κ1) is 27.9. The molecule has 3 aliphatic heterocycles. The van der Waals surface area contributed by atoms with Gasteiger partial charge in [-0.15, -0.1) is 0 Å².